The van der Waals surface area contributed by atoms with Crippen molar-refractivity contribution in [3.63, 3.8) is 0 Å². The SMILES string of the molecule is CCOC(=O)c1ccc(C(F)(F)F)cc1.Cc1cc(I)c(C)c(C)c1C. The largest absolute Gasteiger partial charge is 0.462 e. The topological polar surface area (TPSA) is 26.3 Å². The molecule has 0 fully saturated rings. The molecule has 0 unspecified atom stereocenters. The van der Waals surface area contributed by atoms with Crippen molar-refractivity contribution in [2.24, 2.45) is 0 Å². The smallest absolute Gasteiger partial charge is 0.416 e. The summed E-state index contributed by atoms with van der Waals surface area (Å²) in [6, 6.07) is 6.15. The molecule has 0 saturated carbocycles. The Kier molecular flexibility index (Phi) is 8.12. The van der Waals surface area contributed by atoms with Gasteiger partial charge in [0.25, 0.3) is 0 Å². The van der Waals surface area contributed by atoms with Crippen LogP contribution in [0.2, 0.25) is 0 Å². The van der Waals surface area contributed by atoms with Gasteiger partial charge in [-0.05, 0) is 110 Å². The number of alkyl halides is 3. The minimum Gasteiger partial charge on any atom is -0.462 e. The van der Waals surface area contributed by atoms with Crippen LogP contribution in [0.3, 0.4) is 0 Å². The number of rotatable bonds is 2. The van der Waals surface area contributed by atoms with Gasteiger partial charge in [0.1, 0.15) is 0 Å². The predicted molar refractivity (Wildman–Crippen MR) is 106 cm³/mol. The fourth-order valence-corrected chi connectivity index (χ4v) is 3.04. The first kappa shape index (κ1) is 22.5. The van der Waals surface area contributed by atoms with Crippen LogP contribution in [0.25, 0.3) is 0 Å². The molecule has 0 atom stereocenters. The molecule has 2 aromatic carbocycles. The number of hydrogen-bond donors (Lipinski definition) is 0. The zero-order chi connectivity index (χ0) is 20.1. The van der Waals surface area contributed by atoms with Crippen molar-refractivity contribution in [2.45, 2.75) is 40.8 Å². The molecule has 0 heterocycles. The number of esters is 1. The van der Waals surface area contributed by atoms with E-state index in [-0.39, 0.29) is 12.2 Å². The lowest BCUT2D eigenvalue weighted by Gasteiger charge is -2.09. The Morgan fingerprint density at radius 2 is 1.54 bits per heavy atom. The Balaban J connectivity index is 0.000000273. The Morgan fingerprint density at radius 3 is 2.00 bits per heavy atom. The van der Waals surface area contributed by atoms with E-state index in [1.54, 1.807) is 6.92 Å². The molecule has 0 saturated heterocycles. The van der Waals surface area contributed by atoms with Crippen molar-refractivity contribution in [3.8, 4) is 0 Å². The Morgan fingerprint density at radius 1 is 1.00 bits per heavy atom. The number of halogens is 4. The van der Waals surface area contributed by atoms with Crippen molar-refractivity contribution in [1.29, 1.82) is 0 Å². The van der Waals surface area contributed by atoms with E-state index in [0.717, 1.165) is 24.3 Å². The number of carbonyl (C=O) groups excluding carboxylic acids is 1. The van der Waals surface area contributed by atoms with E-state index in [9.17, 15) is 18.0 Å². The molecule has 0 radical (unpaired) electrons. The maximum absolute atomic E-state index is 12.2. The van der Waals surface area contributed by atoms with Crippen LogP contribution in [0, 0.1) is 31.3 Å². The third-order valence-electron chi connectivity index (χ3n) is 4.14. The second-order valence-corrected chi connectivity index (χ2v) is 7.01. The molecular formula is C20H22F3IO2. The normalized spacial score (nSPS) is 10.8. The molecule has 2 rings (SSSR count). The van der Waals surface area contributed by atoms with Gasteiger partial charge in [-0.25, -0.2) is 4.79 Å². The monoisotopic (exact) mass is 478 g/mol. The van der Waals surface area contributed by atoms with Crippen molar-refractivity contribution >= 4 is 28.6 Å². The van der Waals surface area contributed by atoms with Gasteiger partial charge in [0.05, 0.1) is 17.7 Å². The average Bonchev–Trinajstić information content (AvgIpc) is 2.58. The van der Waals surface area contributed by atoms with Crippen LogP contribution in [-0.2, 0) is 10.9 Å². The molecule has 0 bridgehead atoms. The lowest BCUT2D eigenvalue weighted by molar-refractivity contribution is -0.137. The van der Waals surface area contributed by atoms with Crippen LogP contribution in [-0.4, -0.2) is 12.6 Å². The molecular weight excluding hydrogens is 456 g/mol. The maximum Gasteiger partial charge on any atom is 0.416 e. The lowest BCUT2D eigenvalue weighted by Crippen LogP contribution is -2.07. The zero-order valence-electron chi connectivity index (χ0n) is 15.4. The molecule has 6 heteroatoms. The van der Waals surface area contributed by atoms with E-state index < -0.39 is 17.7 Å². The quantitative estimate of drug-likeness (QED) is 0.369. The van der Waals surface area contributed by atoms with E-state index in [1.165, 1.54) is 25.8 Å². The summed E-state index contributed by atoms with van der Waals surface area (Å²) in [5.41, 5.74) is 5.03. The molecule has 0 aromatic heterocycles. The molecule has 0 amide bonds. The van der Waals surface area contributed by atoms with Gasteiger partial charge in [-0.15, -0.1) is 0 Å². The average molecular weight is 478 g/mol. The van der Waals surface area contributed by atoms with Gasteiger partial charge in [0.2, 0.25) is 0 Å². The van der Waals surface area contributed by atoms with E-state index in [4.69, 9.17) is 0 Å². The van der Waals surface area contributed by atoms with Crippen LogP contribution in [0.15, 0.2) is 30.3 Å². The molecule has 142 valence electrons. The van der Waals surface area contributed by atoms with Gasteiger partial charge in [-0.2, -0.15) is 13.2 Å². The molecule has 0 N–H and O–H groups in total. The molecule has 2 nitrogen and oxygen atoms in total. The minimum atomic E-state index is -4.38. The van der Waals surface area contributed by atoms with Crippen LogP contribution in [0.1, 0.15) is 45.1 Å². The number of benzene rings is 2. The Hall–Kier alpha value is -1.57. The summed E-state index contributed by atoms with van der Waals surface area (Å²) < 4.78 is 42.5. The van der Waals surface area contributed by atoms with Gasteiger partial charge in [-0.1, -0.05) is 0 Å². The molecule has 26 heavy (non-hydrogen) atoms. The fraction of sp³-hybridized carbons (Fsp3) is 0.350. The van der Waals surface area contributed by atoms with Crippen LogP contribution in [0.5, 0.6) is 0 Å². The highest BCUT2D eigenvalue weighted by atomic mass is 127. The van der Waals surface area contributed by atoms with Crippen molar-refractivity contribution in [1.82, 2.24) is 0 Å². The highest BCUT2D eigenvalue weighted by molar-refractivity contribution is 14.1. The van der Waals surface area contributed by atoms with Gasteiger partial charge >= 0.3 is 12.1 Å². The summed E-state index contributed by atoms with van der Waals surface area (Å²) in [6.07, 6.45) is -4.38. The summed E-state index contributed by atoms with van der Waals surface area (Å²) in [4.78, 5) is 11.1. The second-order valence-electron chi connectivity index (χ2n) is 5.85. The summed E-state index contributed by atoms with van der Waals surface area (Å²) in [5, 5.41) is 0. The fourth-order valence-electron chi connectivity index (χ4n) is 2.17. The Bertz CT molecular complexity index is 740. The third kappa shape index (κ3) is 6.00. The minimum absolute atomic E-state index is 0.116. The molecule has 0 spiro atoms. The van der Waals surface area contributed by atoms with Crippen LogP contribution >= 0.6 is 22.6 Å². The number of hydrogen-bond acceptors (Lipinski definition) is 2. The van der Waals surface area contributed by atoms with Crippen molar-refractivity contribution < 1.29 is 22.7 Å². The molecule has 0 aliphatic rings. The highest BCUT2D eigenvalue weighted by Crippen LogP contribution is 2.29. The third-order valence-corrected chi connectivity index (χ3v) is 5.26. The van der Waals surface area contributed by atoms with E-state index >= 15 is 0 Å². The zero-order valence-corrected chi connectivity index (χ0v) is 17.6. The van der Waals surface area contributed by atoms with Gasteiger partial charge < -0.3 is 4.74 Å². The van der Waals surface area contributed by atoms with Crippen LogP contribution in [0.4, 0.5) is 13.2 Å². The first-order valence-electron chi connectivity index (χ1n) is 8.06. The van der Waals surface area contributed by atoms with Crippen molar-refractivity contribution in [3.05, 3.63) is 67.3 Å². The summed E-state index contributed by atoms with van der Waals surface area (Å²) in [7, 11) is 0. The van der Waals surface area contributed by atoms with Gasteiger partial charge in [0, 0.05) is 3.57 Å². The maximum atomic E-state index is 12.2. The molecule has 2 aromatic rings. The Labute approximate surface area is 165 Å². The van der Waals surface area contributed by atoms with E-state index in [0.29, 0.717) is 0 Å². The van der Waals surface area contributed by atoms with Gasteiger partial charge in [0.15, 0.2) is 0 Å². The molecule has 0 aliphatic heterocycles. The second kappa shape index (κ2) is 9.39. The van der Waals surface area contributed by atoms with E-state index in [1.807, 2.05) is 0 Å². The first-order chi connectivity index (χ1) is 12.0. The first-order valence-corrected chi connectivity index (χ1v) is 9.14. The number of carbonyl (C=O) groups is 1. The van der Waals surface area contributed by atoms with Crippen molar-refractivity contribution in [2.75, 3.05) is 6.61 Å². The summed E-state index contributed by atoms with van der Waals surface area (Å²) in [5.74, 6) is -0.619. The van der Waals surface area contributed by atoms with Crippen LogP contribution < -0.4 is 0 Å². The van der Waals surface area contributed by atoms with Gasteiger partial charge in [-0.3, -0.25) is 0 Å². The summed E-state index contributed by atoms with van der Waals surface area (Å²) >= 11 is 2.39. The number of ether oxygens (including phenoxy) is 1. The standard InChI is InChI=1S/C10H9F3O2.C10H13I/c1-2-15-9(14)7-3-5-8(6-4-7)10(11,12)13;1-6-5-10(11)9(4)8(3)7(6)2/h3-6H,2H2,1H3;5H,1-4H3. The lowest BCUT2D eigenvalue weighted by atomic mass is 10.0. The predicted octanol–water partition coefficient (Wildman–Crippen LogP) is 6.41. The van der Waals surface area contributed by atoms with E-state index in [2.05, 4.69) is 61.1 Å². The highest BCUT2D eigenvalue weighted by Gasteiger charge is 2.30. The molecule has 0 aliphatic carbocycles. The summed E-state index contributed by atoms with van der Waals surface area (Å²) in [6.45, 7) is 10.6. The number of aryl methyl sites for hydroxylation is 1.